The summed E-state index contributed by atoms with van der Waals surface area (Å²) in [7, 11) is -1.16. The van der Waals surface area contributed by atoms with Crippen LogP contribution < -0.4 is 4.90 Å². The zero-order valence-electron chi connectivity index (χ0n) is 16.8. The van der Waals surface area contributed by atoms with Gasteiger partial charge in [0.25, 0.3) is 5.91 Å². The van der Waals surface area contributed by atoms with Crippen LogP contribution in [0.15, 0.2) is 65.1 Å². The molecular weight excluding hydrogens is 455 g/mol. The van der Waals surface area contributed by atoms with E-state index in [0.29, 0.717) is 34.6 Å². The molecule has 1 atom stereocenters. The van der Waals surface area contributed by atoms with E-state index < -0.39 is 10.8 Å². The van der Waals surface area contributed by atoms with E-state index in [1.54, 1.807) is 29.2 Å². The fraction of sp³-hybridized carbons (Fsp3) is 0.261. The Bertz CT molecular complexity index is 1090. The quantitative estimate of drug-likeness (QED) is 0.502. The zero-order valence-corrected chi connectivity index (χ0v) is 19.1. The Balaban J connectivity index is 1.31. The average molecular weight is 477 g/mol. The Hall–Kier alpha value is -2.28. The SMILES string of the molecule is O=C(c1ccc(C[S@@](=O)Cc2cccc(Cl)c2)o1)N1CCN(c2cccc(Cl)c2)CC1. The van der Waals surface area contributed by atoms with Crippen LogP contribution in [0.1, 0.15) is 21.9 Å². The standard InChI is InChI=1S/C23H22Cl2N2O3S/c24-18-4-1-3-17(13-18)15-31(29)16-21-7-8-22(30-21)23(28)27-11-9-26(10-12-27)20-6-2-5-19(25)14-20/h1-8,13-14H,9-12,15-16H2/t31-/m0/s1. The maximum absolute atomic E-state index is 12.8. The second-order valence-corrected chi connectivity index (χ2v) is 9.71. The number of furan rings is 1. The van der Waals surface area contributed by atoms with Crippen LogP contribution in [-0.2, 0) is 22.3 Å². The van der Waals surface area contributed by atoms with Gasteiger partial charge in [0.2, 0.25) is 0 Å². The highest BCUT2D eigenvalue weighted by molar-refractivity contribution is 7.83. The molecule has 1 saturated heterocycles. The minimum Gasteiger partial charge on any atom is -0.455 e. The van der Waals surface area contributed by atoms with Gasteiger partial charge in [0.15, 0.2) is 5.76 Å². The fourth-order valence-corrected chi connectivity index (χ4v) is 5.11. The number of anilines is 1. The number of amides is 1. The number of halogens is 2. The minimum atomic E-state index is -1.16. The minimum absolute atomic E-state index is 0.141. The van der Waals surface area contributed by atoms with Crippen LogP contribution in [-0.4, -0.2) is 41.2 Å². The second kappa shape index (κ2) is 9.90. The summed E-state index contributed by atoms with van der Waals surface area (Å²) in [5.74, 6) is 1.32. The number of piperazine rings is 1. The Morgan fingerprint density at radius 2 is 1.61 bits per heavy atom. The first-order valence-corrected chi connectivity index (χ1v) is 12.2. The van der Waals surface area contributed by atoms with Crippen LogP contribution in [0.25, 0.3) is 0 Å². The van der Waals surface area contributed by atoms with Gasteiger partial charge < -0.3 is 14.2 Å². The van der Waals surface area contributed by atoms with Gasteiger partial charge in [-0.3, -0.25) is 9.00 Å². The topological polar surface area (TPSA) is 53.8 Å². The van der Waals surface area contributed by atoms with Gasteiger partial charge in [-0.05, 0) is 48.0 Å². The van der Waals surface area contributed by atoms with Crippen molar-refractivity contribution in [1.29, 1.82) is 0 Å². The third-order valence-corrected chi connectivity index (χ3v) is 6.86. The molecule has 5 nitrogen and oxygen atoms in total. The van der Waals surface area contributed by atoms with Gasteiger partial charge in [-0.2, -0.15) is 0 Å². The van der Waals surface area contributed by atoms with Crippen molar-refractivity contribution in [2.24, 2.45) is 0 Å². The van der Waals surface area contributed by atoms with Gasteiger partial charge in [0.05, 0.1) is 5.75 Å². The molecule has 1 aliphatic rings. The van der Waals surface area contributed by atoms with Crippen molar-refractivity contribution in [3.05, 3.63) is 87.8 Å². The predicted octanol–water partition coefficient (Wildman–Crippen LogP) is 5.00. The molecule has 0 aliphatic carbocycles. The molecule has 8 heteroatoms. The molecule has 0 N–H and O–H groups in total. The van der Waals surface area contributed by atoms with E-state index in [1.807, 2.05) is 36.4 Å². The number of hydrogen-bond donors (Lipinski definition) is 0. The molecule has 0 unspecified atom stereocenters. The highest BCUT2D eigenvalue weighted by atomic mass is 35.5. The van der Waals surface area contributed by atoms with Crippen molar-refractivity contribution >= 4 is 45.6 Å². The molecule has 3 aromatic rings. The lowest BCUT2D eigenvalue weighted by Crippen LogP contribution is -2.48. The molecule has 162 valence electrons. The highest BCUT2D eigenvalue weighted by Gasteiger charge is 2.24. The van der Waals surface area contributed by atoms with Crippen molar-refractivity contribution in [2.45, 2.75) is 11.5 Å². The second-order valence-electron chi connectivity index (χ2n) is 7.38. The smallest absolute Gasteiger partial charge is 0.289 e. The van der Waals surface area contributed by atoms with E-state index >= 15 is 0 Å². The summed E-state index contributed by atoms with van der Waals surface area (Å²) in [4.78, 5) is 16.8. The number of carbonyl (C=O) groups is 1. The van der Waals surface area contributed by atoms with Gasteiger partial charge >= 0.3 is 0 Å². The van der Waals surface area contributed by atoms with Gasteiger partial charge in [-0.15, -0.1) is 0 Å². The number of carbonyl (C=O) groups excluding carboxylic acids is 1. The molecule has 1 fully saturated rings. The number of rotatable bonds is 6. The summed E-state index contributed by atoms with van der Waals surface area (Å²) < 4.78 is 18.2. The van der Waals surface area contributed by atoms with Gasteiger partial charge in [-0.25, -0.2) is 0 Å². The molecule has 0 spiro atoms. The fourth-order valence-electron chi connectivity index (χ4n) is 3.59. The third-order valence-electron chi connectivity index (χ3n) is 5.13. The van der Waals surface area contributed by atoms with Crippen LogP contribution in [0.4, 0.5) is 5.69 Å². The number of nitrogens with zero attached hydrogens (tertiary/aromatic N) is 2. The van der Waals surface area contributed by atoms with E-state index in [9.17, 15) is 9.00 Å². The van der Waals surface area contributed by atoms with Crippen LogP contribution >= 0.6 is 23.2 Å². The van der Waals surface area contributed by atoms with E-state index in [-0.39, 0.29) is 17.4 Å². The van der Waals surface area contributed by atoms with Crippen molar-refractivity contribution < 1.29 is 13.4 Å². The van der Waals surface area contributed by atoms with Gasteiger partial charge in [0.1, 0.15) is 5.76 Å². The van der Waals surface area contributed by atoms with E-state index in [1.165, 1.54) is 0 Å². The van der Waals surface area contributed by atoms with Crippen molar-refractivity contribution in [2.75, 3.05) is 31.1 Å². The maximum Gasteiger partial charge on any atom is 0.289 e. The normalized spacial score (nSPS) is 15.2. The zero-order chi connectivity index (χ0) is 21.8. The first-order valence-electron chi connectivity index (χ1n) is 9.96. The van der Waals surface area contributed by atoms with E-state index in [2.05, 4.69) is 4.90 Å². The first-order chi connectivity index (χ1) is 15.0. The van der Waals surface area contributed by atoms with Crippen LogP contribution in [0.5, 0.6) is 0 Å². The number of hydrogen-bond acceptors (Lipinski definition) is 4. The Kier molecular flexibility index (Phi) is 7.00. The largest absolute Gasteiger partial charge is 0.455 e. The molecule has 0 radical (unpaired) electrons. The summed E-state index contributed by atoms with van der Waals surface area (Å²) in [6.45, 7) is 2.65. The monoisotopic (exact) mass is 476 g/mol. The van der Waals surface area contributed by atoms with Crippen LogP contribution in [0, 0.1) is 0 Å². The molecule has 0 saturated carbocycles. The Morgan fingerprint density at radius 1 is 0.903 bits per heavy atom. The van der Waals surface area contributed by atoms with E-state index in [0.717, 1.165) is 24.3 Å². The molecule has 2 heterocycles. The van der Waals surface area contributed by atoms with Crippen LogP contribution in [0.2, 0.25) is 10.0 Å². The summed E-state index contributed by atoms with van der Waals surface area (Å²) in [6.07, 6.45) is 0. The molecule has 1 amide bonds. The van der Waals surface area contributed by atoms with Crippen LogP contribution in [0.3, 0.4) is 0 Å². The summed E-state index contributed by atoms with van der Waals surface area (Å²) in [5.41, 5.74) is 1.97. The third kappa shape index (κ3) is 5.70. The molecule has 1 aliphatic heterocycles. The van der Waals surface area contributed by atoms with Gasteiger partial charge in [0, 0.05) is 58.5 Å². The Morgan fingerprint density at radius 3 is 2.32 bits per heavy atom. The van der Waals surface area contributed by atoms with E-state index in [4.69, 9.17) is 27.6 Å². The summed E-state index contributed by atoms with van der Waals surface area (Å²) in [5, 5.41) is 1.32. The average Bonchev–Trinajstić information content (AvgIpc) is 3.21. The lowest BCUT2D eigenvalue weighted by molar-refractivity contribution is 0.0713. The molecule has 4 rings (SSSR count). The predicted molar refractivity (Wildman–Crippen MR) is 125 cm³/mol. The van der Waals surface area contributed by atoms with Crippen molar-refractivity contribution in [3.63, 3.8) is 0 Å². The summed E-state index contributed by atoms with van der Waals surface area (Å²) >= 11 is 12.1. The lowest BCUT2D eigenvalue weighted by Gasteiger charge is -2.35. The lowest BCUT2D eigenvalue weighted by atomic mass is 10.2. The molecule has 2 aromatic carbocycles. The molecule has 31 heavy (non-hydrogen) atoms. The molecule has 0 bridgehead atoms. The summed E-state index contributed by atoms with van der Waals surface area (Å²) in [6, 6.07) is 18.4. The van der Waals surface area contributed by atoms with Gasteiger partial charge in [-0.1, -0.05) is 41.4 Å². The highest BCUT2D eigenvalue weighted by Crippen LogP contribution is 2.22. The molecule has 1 aromatic heterocycles. The maximum atomic E-state index is 12.8. The Labute approximate surface area is 194 Å². The van der Waals surface area contributed by atoms with Crippen molar-refractivity contribution in [1.82, 2.24) is 4.90 Å². The number of benzene rings is 2. The first kappa shape index (κ1) is 21.9. The molecular formula is C23H22Cl2N2O3S. The van der Waals surface area contributed by atoms with Crippen molar-refractivity contribution in [3.8, 4) is 0 Å².